The summed E-state index contributed by atoms with van der Waals surface area (Å²) in [4.78, 5) is 12.9. The molecule has 0 radical (unpaired) electrons. The van der Waals surface area contributed by atoms with Gasteiger partial charge in [-0.25, -0.2) is 5.43 Å². The number of aryl methyl sites for hydroxylation is 1. The first-order chi connectivity index (χ1) is 9.38. The van der Waals surface area contributed by atoms with Crippen molar-refractivity contribution in [1.82, 2.24) is 15.6 Å². The fraction of sp³-hybridized carbons (Fsp3) is 0.357. The summed E-state index contributed by atoms with van der Waals surface area (Å²) in [7, 11) is 0. The number of hydrogen-bond donors (Lipinski definition) is 2. The van der Waals surface area contributed by atoms with Crippen molar-refractivity contribution in [3.8, 4) is 0 Å². The molecule has 2 rings (SSSR count). The van der Waals surface area contributed by atoms with Crippen LogP contribution in [-0.2, 0) is 5.41 Å². The third kappa shape index (κ3) is 3.33. The summed E-state index contributed by atoms with van der Waals surface area (Å²) in [5.41, 5.74) is 4.82. The molecule has 6 heteroatoms. The molecule has 5 nitrogen and oxygen atoms in total. The average Bonchev–Trinajstić information content (AvgIpc) is 2.98. The van der Waals surface area contributed by atoms with Crippen molar-refractivity contribution >= 4 is 23.5 Å². The van der Waals surface area contributed by atoms with Gasteiger partial charge in [0.05, 0.1) is 6.21 Å². The highest BCUT2D eigenvalue weighted by Crippen LogP contribution is 2.20. The second-order valence-corrected chi connectivity index (χ2v) is 6.53. The highest BCUT2D eigenvalue weighted by molar-refractivity contribution is 7.11. The van der Waals surface area contributed by atoms with Crippen molar-refractivity contribution in [1.29, 1.82) is 0 Å². The van der Waals surface area contributed by atoms with E-state index in [1.807, 2.05) is 18.4 Å². The Morgan fingerprint density at radius 2 is 2.25 bits per heavy atom. The van der Waals surface area contributed by atoms with Gasteiger partial charge >= 0.3 is 0 Å². The standard InChI is InChI=1S/C14H18N4OS/c1-9-5-6-20-11(9)8-15-18-13(19)10-7-12(17-16-10)14(2,3)4/h5-8H,1-4H3,(H,16,17)(H,18,19)/b15-8+. The molecule has 106 valence electrons. The van der Waals surface area contributed by atoms with E-state index in [4.69, 9.17) is 0 Å². The summed E-state index contributed by atoms with van der Waals surface area (Å²) in [6.45, 7) is 8.17. The van der Waals surface area contributed by atoms with E-state index in [9.17, 15) is 4.79 Å². The Morgan fingerprint density at radius 1 is 1.50 bits per heavy atom. The highest BCUT2D eigenvalue weighted by Gasteiger charge is 2.19. The van der Waals surface area contributed by atoms with Gasteiger partial charge in [0.1, 0.15) is 0 Å². The second-order valence-electron chi connectivity index (χ2n) is 5.58. The van der Waals surface area contributed by atoms with Gasteiger partial charge in [-0.1, -0.05) is 20.8 Å². The minimum atomic E-state index is -0.317. The van der Waals surface area contributed by atoms with Crippen LogP contribution in [0.4, 0.5) is 0 Å². The number of carbonyl (C=O) groups is 1. The number of aromatic nitrogens is 2. The normalized spacial score (nSPS) is 12.0. The van der Waals surface area contributed by atoms with Gasteiger partial charge in [-0.3, -0.25) is 9.89 Å². The minimum Gasteiger partial charge on any atom is -0.281 e. The zero-order chi connectivity index (χ0) is 14.8. The van der Waals surface area contributed by atoms with Crippen LogP contribution < -0.4 is 5.43 Å². The third-order valence-electron chi connectivity index (χ3n) is 2.87. The van der Waals surface area contributed by atoms with Crippen LogP contribution in [-0.4, -0.2) is 22.3 Å². The Morgan fingerprint density at radius 3 is 2.80 bits per heavy atom. The number of hydrogen-bond acceptors (Lipinski definition) is 4. The van der Waals surface area contributed by atoms with E-state index in [1.165, 1.54) is 0 Å². The van der Waals surface area contributed by atoms with E-state index in [1.54, 1.807) is 23.6 Å². The fourth-order valence-corrected chi connectivity index (χ4v) is 2.33. The topological polar surface area (TPSA) is 70.1 Å². The van der Waals surface area contributed by atoms with E-state index in [0.29, 0.717) is 5.69 Å². The van der Waals surface area contributed by atoms with Crippen molar-refractivity contribution in [2.45, 2.75) is 33.1 Å². The van der Waals surface area contributed by atoms with Crippen molar-refractivity contribution in [3.05, 3.63) is 39.3 Å². The molecule has 2 heterocycles. The quantitative estimate of drug-likeness (QED) is 0.674. The second kappa shape index (κ2) is 5.58. The first kappa shape index (κ1) is 14.5. The van der Waals surface area contributed by atoms with Crippen molar-refractivity contribution < 1.29 is 4.79 Å². The van der Waals surface area contributed by atoms with E-state index >= 15 is 0 Å². The molecule has 0 aliphatic rings. The first-order valence-corrected chi connectivity index (χ1v) is 7.19. The van der Waals surface area contributed by atoms with Gasteiger partial charge in [-0.15, -0.1) is 11.3 Å². The molecule has 2 aromatic heterocycles. The van der Waals surface area contributed by atoms with Crippen molar-refractivity contribution in [3.63, 3.8) is 0 Å². The van der Waals surface area contributed by atoms with Gasteiger partial charge in [-0.2, -0.15) is 10.2 Å². The summed E-state index contributed by atoms with van der Waals surface area (Å²) in [6, 6.07) is 3.76. The molecule has 20 heavy (non-hydrogen) atoms. The predicted octanol–water partition coefficient (Wildman–Crippen LogP) is 2.84. The number of amides is 1. The predicted molar refractivity (Wildman–Crippen MR) is 81.4 cm³/mol. The Bertz CT molecular complexity index is 634. The summed E-state index contributed by atoms with van der Waals surface area (Å²) < 4.78 is 0. The van der Waals surface area contributed by atoms with E-state index in [0.717, 1.165) is 16.1 Å². The molecule has 0 aromatic carbocycles. The van der Waals surface area contributed by atoms with Crippen LogP contribution in [0.5, 0.6) is 0 Å². The third-order valence-corrected chi connectivity index (χ3v) is 3.82. The lowest BCUT2D eigenvalue weighted by atomic mass is 9.92. The molecule has 1 amide bonds. The smallest absolute Gasteiger partial charge is 0.281 e. The molecule has 0 bridgehead atoms. The lowest BCUT2D eigenvalue weighted by Crippen LogP contribution is -2.18. The van der Waals surface area contributed by atoms with Gasteiger partial charge in [0.2, 0.25) is 0 Å². The number of nitrogens with zero attached hydrogens (tertiary/aromatic N) is 2. The summed E-state index contributed by atoms with van der Waals surface area (Å²) >= 11 is 1.58. The molecule has 2 N–H and O–H groups in total. The molecular weight excluding hydrogens is 272 g/mol. The lowest BCUT2D eigenvalue weighted by Gasteiger charge is -2.14. The number of rotatable bonds is 3. The Balaban J connectivity index is 2.01. The number of H-pyrrole nitrogens is 1. The summed E-state index contributed by atoms with van der Waals surface area (Å²) in [6.07, 6.45) is 1.65. The number of aromatic amines is 1. The SMILES string of the molecule is Cc1ccsc1/C=N/NC(=O)c1cc(C(C)(C)C)[nH]n1. The van der Waals surface area contributed by atoms with Crippen LogP contribution in [0.2, 0.25) is 0 Å². The van der Waals surface area contributed by atoms with Crippen molar-refractivity contribution in [2.75, 3.05) is 0 Å². The zero-order valence-electron chi connectivity index (χ0n) is 12.0. The molecule has 0 aliphatic carbocycles. The maximum atomic E-state index is 11.9. The fourth-order valence-electron chi connectivity index (χ4n) is 1.55. The number of carbonyl (C=O) groups excluding carboxylic acids is 1. The first-order valence-electron chi connectivity index (χ1n) is 6.31. The van der Waals surface area contributed by atoms with Gasteiger partial charge in [-0.05, 0) is 30.0 Å². The van der Waals surface area contributed by atoms with Crippen molar-refractivity contribution in [2.24, 2.45) is 5.10 Å². The monoisotopic (exact) mass is 290 g/mol. The van der Waals surface area contributed by atoms with Crippen LogP contribution >= 0.6 is 11.3 Å². The maximum Gasteiger partial charge on any atom is 0.291 e. The summed E-state index contributed by atoms with van der Waals surface area (Å²) in [5.74, 6) is -0.317. The molecule has 0 saturated heterocycles. The average molecular weight is 290 g/mol. The molecule has 0 fully saturated rings. The molecule has 0 spiro atoms. The Kier molecular flexibility index (Phi) is 4.04. The summed E-state index contributed by atoms with van der Waals surface area (Å²) in [5, 5.41) is 12.8. The minimum absolute atomic E-state index is 0.0666. The van der Waals surface area contributed by atoms with Crippen LogP contribution in [0.25, 0.3) is 0 Å². The molecule has 2 aromatic rings. The molecule has 0 unspecified atom stereocenters. The lowest BCUT2D eigenvalue weighted by molar-refractivity contribution is 0.0950. The van der Waals surface area contributed by atoms with Gasteiger partial charge in [0.25, 0.3) is 5.91 Å². The van der Waals surface area contributed by atoms with Crippen LogP contribution in [0.15, 0.2) is 22.6 Å². The van der Waals surface area contributed by atoms with Gasteiger partial charge in [0, 0.05) is 16.0 Å². The maximum absolute atomic E-state index is 11.9. The molecule has 0 saturated carbocycles. The number of thiophene rings is 1. The van der Waals surface area contributed by atoms with E-state index in [2.05, 4.69) is 41.5 Å². The van der Waals surface area contributed by atoms with Gasteiger partial charge < -0.3 is 0 Å². The Hall–Kier alpha value is -1.95. The number of nitrogens with one attached hydrogen (secondary N) is 2. The van der Waals surface area contributed by atoms with E-state index in [-0.39, 0.29) is 11.3 Å². The largest absolute Gasteiger partial charge is 0.291 e. The molecular formula is C14H18N4OS. The Labute approximate surface area is 122 Å². The molecule has 0 atom stereocenters. The highest BCUT2D eigenvalue weighted by atomic mass is 32.1. The van der Waals surface area contributed by atoms with Crippen LogP contribution in [0.1, 0.15) is 47.4 Å². The number of hydrazone groups is 1. The van der Waals surface area contributed by atoms with E-state index < -0.39 is 0 Å². The van der Waals surface area contributed by atoms with Crippen LogP contribution in [0.3, 0.4) is 0 Å². The van der Waals surface area contributed by atoms with Crippen LogP contribution in [0, 0.1) is 6.92 Å². The molecule has 0 aliphatic heterocycles. The van der Waals surface area contributed by atoms with Gasteiger partial charge in [0.15, 0.2) is 5.69 Å². The zero-order valence-corrected chi connectivity index (χ0v) is 12.8.